The van der Waals surface area contributed by atoms with Crippen molar-refractivity contribution in [1.82, 2.24) is 5.32 Å². The summed E-state index contributed by atoms with van der Waals surface area (Å²) in [5.41, 5.74) is 5.63. The van der Waals surface area contributed by atoms with Crippen LogP contribution in [0.25, 0.3) is 0 Å². The van der Waals surface area contributed by atoms with E-state index >= 15 is 0 Å². The van der Waals surface area contributed by atoms with Crippen LogP contribution in [-0.2, 0) is 9.59 Å². The lowest BCUT2D eigenvalue weighted by Gasteiger charge is -2.22. The van der Waals surface area contributed by atoms with Gasteiger partial charge in [0, 0.05) is 6.42 Å². The Morgan fingerprint density at radius 2 is 2.00 bits per heavy atom. The number of nitriles is 1. The molecular formula is C14H17N3O3. The summed E-state index contributed by atoms with van der Waals surface area (Å²) in [6.07, 6.45) is -1.30. The van der Waals surface area contributed by atoms with Gasteiger partial charge in [0.15, 0.2) is 6.10 Å². The zero-order valence-corrected chi connectivity index (χ0v) is 11.1. The first-order chi connectivity index (χ1) is 9.47. The minimum absolute atomic E-state index is 0.0787. The standard InChI is InChI=1S/C14H17N3O3/c1-9(7-8-15)11(13(16)19)17-14(20)12(18)10-5-3-2-4-6-10/h2-6,9,11-12,18H,7H2,1H3,(H2,16,19)(H,17,20)/t9-,11-,12+/m1/s1. The molecule has 20 heavy (non-hydrogen) atoms. The van der Waals surface area contributed by atoms with Crippen LogP contribution < -0.4 is 11.1 Å². The van der Waals surface area contributed by atoms with Crippen molar-refractivity contribution in [3.8, 4) is 6.07 Å². The third-order valence-corrected chi connectivity index (χ3v) is 2.95. The van der Waals surface area contributed by atoms with Crippen molar-refractivity contribution in [2.24, 2.45) is 11.7 Å². The van der Waals surface area contributed by atoms with Crippen LogP contribution in [-0.4, -0.2) is 23.0 Å². The van der Waals surface area contributed by atoms with Crippen LogP contribution in [0.2, 0.25) is 0 Å². The van der Waals surface area contributed by atoms with Gasteiger partial charge in [0.2, 0.25) is 5.91 Å². The summed E-state index contributed by atoms with van der Waals surface area (Å²) < 4.78 is 0. The van der Waals surface area contributed by atoms with Gasteiger partial charge in [-0.25, -0.2) is 0 Å². The molecule has 0 fully saturated rings. The van der Waals surface area contributed by atoms with Gasteiger partial charge in [0.05, 0.1) is 6.07 Å². The Labute approximate surface area is 117 Å². The summed E-state index contributed by atoms with van der Waals surface area (Å²) in [5, 5.41) is 20.9. The summed E-state index contributed by atoms with van der Waals surface area (Å²) in [5.74, 6) is -1.88. The van der Waals surface area contributed by atoms with Crippen molar-refractivity contribution in [3.63, 3.8) is 0 Å². The minimum Gasteiger partial charge on any atom is -0.378 e. The van der Waals surface area contributed by atoms with Gasteiger partial charge in [-0.3, -0.25) is 9.59 Å². The average molecular weight is 275 g/mol. The number of aliphatic hydroxyl groups excluding tert-OH is 1. The first kappa shape index (κ1) is 15.7. The third kappa shape index (κ3) is 4.07. The molecule has 106 valence electrons. The van der Waals surface area contributed by atoms with Gasteiger partial charge in [-0.15, -0.1) is 0 Å². The Hall–Kier alpha value is -2.39. The normalized spacial score (nSPS) is 14.7. The molecule has 1 aromatic carbocycles. The van der Waals surface area contributed by atoms with E-state index < -0.39 is 29.9 Å². The first-order valence-corrected chi connectivity index (χ1v) is 6.17. The van der Waals surface area contributed by atoms with Crippen molar-refractivity contribution >= 4 is 11.8 Å². The number of aliphatic hydroxyl groups is 1. The monoisotopic (exact) mass is 275 g/mol. The molecule has 0 saturated heterocycles. The van der Waals surface area contributed by atoms with Gasteiger partial charge in [-0.05, 0) is 11.5 Å². The van der Waals surface area contributed by atoms with Crippen LogP contribution in [0.5, 0.6) is 0 Å². The van der Waals surface area contributed by atoms with Gasteiger partial charge >= 0.3 is 0 Å². The number of primary amides is 1. The summed E-state index contributed by atoms with van der Waals surface area (Å²) in [4.78, 5) is 23.2. The molecule has 0 bridgehead atoms. The molecule has 3 atom stereocenters. The van der Waals surface area contributed by atoms with Gasteiger partial charge in [0.25, 0.3) is 5.91 Å². The molecule has 2 amide bonds. The van der Waals surface area contributed by atoms with Gasteiger partial charge in [0.1, 0.15) is 6.04 Å². The Morgan fingerprint density at radius 3 is 2.50 bits per heavy atom. The number of benzene rings is 1. The zero-order chi connectivity index (χ0) is 15.1. The number of hydrogen-bond acceptors (Lipinski definition) is 4. The Bertz CT molecular complexity index is 510. The van der Waals surface area contributed by atoms with Crippen molar-refractivity contribution in [2.45, 2.75) is 25.5 Å². The van der Waals surface area contributed by atoms with E-state index in [0.29, 0.717) is 5.56 Å². The quantitative estimate of drug-likeness (QED) is 0.689. The molecule has 0 heterocycles. The van der Waals surface area contributed by atoms with Crippen molar-refractivity contribution < 1.29 is 14.7 Å². The summed E-state index contributed by atoms with van der Waals surface area (Å²) in [6.45, 7) is 1.63. The predicted octanol–water partition coefficient (Wildman–Crippen LogP) is 0.240. The van der Waals surface area contributed by atoms with E-state index in [9.17, 15) is 14.7 Å². The molecule has 4 N–H and O–H groups in total. The molecule has 0 unspecified atom stereocenters. The smallest absolute Gasteiger partial charge is 0.254 e. The predicted molar refractivity (Wildman–Crippen MR) is 71.9 cm³/mol. The fraction of sp³-hybridized carbons (Fsp3) is 0.357. The van der Waals surface area contributed by atoms with Crippen LogP contribution in [0.3, 0.4) is 0 Å². The highest BCUT2D eigenvalue weighted by atomic mass is 16.3. The summed E-state index contributed by atoms with van der Waals surface area (Å²) >= 11 is 0. The maximum atomic E-state index is 11.9. The topological polar surface area (TPSA) is 116 Å². The fourth-order valence-electron chi connectivity index (χ4n) is 1.77. The number of rotatable bonds is 6. The molecule has 0 aromatic heterocycles. The highest BCUT2D eigenvalue weighted by Crippen LogP contribution is 2.14. The number of nitrogens with one attached hydrogen (secondary N) is 1. The molecule has 6 nitrogen and oxygen atoms in total. The lowest BCUT2D eigenvalue weighted by Crippen LogP contribution is -2.49. The van der Waals surface area contributed by atoms with Crippen LogP contribution in [0.4, 0.5) is 0 Å². The summed E-state index contributed by atoms with van der Waals surface area (Å²) in [7, 11) is 0. The van der Waals surface area contributed by atoms with Gasteiger partial charge in [-0.1, -0.05) is 37.3 Å². The lowest BCUT2D eigenvalue weighted by molar-refractivity contribution is -0.134. The van der Waals surface area contributed by atoms with E-state index in [1.807, 2.05) is 6.07 Å². The largest absolute Gasteiger partial charge is 0.378 e. The van der Waals surface area contributed by atoms with Crippen LogP contribution in [0, 0.1) is 17.2 Å². The van der Waals surface area contributed by atoms with E-state index in [1.54, 1.807) is 37.3 Å². The van der Waals surface area contributed by atoms with E-state index in [0.717, 1.165) is 0 Å². The number of carbonyl (C=O) groups is 2. The SMILES string of the molecule is C[C@H](CC#N)[C@@H](NC(=O)[C@@H](O)c1ccccc1)C(N)=O. The second-order valence-corrected chi connectivity index (χ2v) is 4.54. The number of hydrogen-bond donors (Lipinski definition) is 3. The third-order valence-electron chi connectivity index (χ3n) is 2.95. The molecule has 6 heteroatoms. The number of carbonyl (C=O) groups excluding carboxylic acids is 2. The second-order valence-electron chi connectivity index (χ2n) is 4.54. The van der Waals surface area contributed by atoms with Crippen LogP contribution >= 0.6 is 0 Å². The number of nitrogens with zero attached hydrogens (tertiary/aromatic N) is 1. The van der Waals surface area contributed by atoms with E-state index in [-0.39, 0.29) is 6.42 Å². The maximum absolute atomic E-state index is 11.9. The number of amides is 2. The van der Waals surface area contributed by atoms with Gasteiger partial charge in [-0.2, -0.15) is 5.26 Å². The minimum atomic E-state index is -1.38. The second kappa shape index (κ2) is 7.26. The van der Waals surface area contributed by atoms with Crippen molar-refractivity contribution in [1.29, 1.82) is 5.26 Å². The van der Waals surface area contributed by atoms with E-state index in [4.69, 9.17) is 11.0 Å². The molecule has 0 aliphatic carbocycles. The Balaban J connectivity index is 2.77. The molecule has 1 aromatic rings. The molecule has 0 saturated carbocycles. The first-order valence-electron chi connectivity index (χ1n) is 6.17. The highest BCUT2D eigenvalue weighted by Gasteiger charge is 2.27. The Kier molecular flexibility index (Phi) is 5.69. The lowest BCUT2D eigenvalue weighted by atomic mass is 9.97. The van der Waals surface area contributed by atoms with Gasteiger partial charge < -0.3 is 16.2 Å². The molecule has 0 aliphatic rings. The van der Waals surface area contributed by atoms with E-state index in [1.165, 1.54) is 0 Å². The van der Waals surface area contributed by atoms with Crippen LogP contribution in [0.1, 0.15) is 25.0 Å². The van der Waals surface area contributed by atoms with Crippen LogP contribution in [0.15, 0.2) is 30.3 Å². The molecular weight excluding hydrogens is 258 g/mol. The van der Waals surface area contributed by atoms with E-state index in [2.05, 4.69) is 5.32 Å². The molecule has 1 rings (SSSR count). The average Bonchev–Trinajstić information content (AvgIpc) is 2.44. The molecule has 0 aliphatic heterocycles. The maximum Gasteiger partial charge on any atom is 0.254 e. The fourth-order valence-corrected chi connectivity index (χ4v) is 1.77. The molecule has 0 radical (unpaired) electrons. The Morgan fingerprint density at radius 1 is 1.40 bits per heavy atom. The number of nitrogens with two attached hydrogens (primary N) is 1. The highest BCUT2D eigenvalue weighted by molar-refractivity contribution is 5.89. The van der Waals surface area contributed by atoms with Crippen molar-refractivity contribution in [3.05, 3.63) is 35.9 Å². The zero-order valence-electron chi connectivity index (χ0n) is 11.1. The van der Waals surface area contributed by atoms with Crippen molar-refractivity contribution in [2.75, 3.05) is 0 Å². The molecule has 0 spiro atoms. The summed E-state index contributed by atoms with van der Waals surface area (Å²) in [6, 6.07) is 9.27.